The largest absolute Gasteiger partial charge is 0.453 e. The number of esters is 1. The van der Waals surface area contributed by atoms with Gasteiger partial charge in [-0.25, -0.2) is 9.18 Å². The van der Waals surface area contributed by atoms with E-state index in [1.54, 1.807) is 18.2 Å². The van der Waals surface area contributed by atoms with Crippen LogP contribution in [0.3, 0.4) is 0 Å². The lowest BCUT2D eigenvalue weighted by molar-refractivity contribution is 0.0478. The molecule has 28 heavy (non-hydrogen) atoms. The molecule has 0 spiro atoms. The summed E-state index contributed by atoms with van der Waals surface area (Å²) in [5.74, 6) is -1.15. The number of hydrogen-bond donors (Lipinski definition) is 0. The number of aryl methyl sites for hydroxylation is 2. The lowest BCUT2D eigenvalue weighted by Crippen LogP contribution is -2.15. The van der Waals surface area contributed by atoms with Crippen LogP contribution in [0.1, 0.15) is 49.6 Å². The predicted molar refractivity (Wildman–Crippen MR) is 103 cm³/mol. The minimum atomic E-state index is -0.583. The fraction of sp³-hybridized carbons (Fsp3) is 0.300. The molecule has 0 radical (unpaired) electrons. The summed E-state index contributed by atoms with van der Waals surface area (Å²) >= 11 is 0.964. The van der Waals surface area contributed by atoms with Gasteiger partial charge in [-0.2, -0.15) is 0 Å². The van der Waals surface area contributed by atoms with Gasteiger partial charge < -0.3 is 9.30 Å². The fourth-order valence-corrected chi connectivity index (χ4v) is 3.61. The molecule has 0 unspecified atom stereocenters. The second kappa shape index (κ2) is 8.43. The molecule has 0 atom stereocenters. The Labute approximate surface area is 166 Å². The first-order chi connectivity index (χ1) is 13.4. The zero-order chi connectivity index (χ0) is 20.3. The van der Waals surface area contributed by atoms with Crippen molar-refractivity contribution in [2.24, 2.45) is 0 Å². The van der Waals surface area contributed by atoms with Crippen molar-refractivity contribution >= 4 is 23.3 Å². The molecule has 0 aliphatic carbocycles. The average molecular weight is 401 g/mol. The number of carbonyl (C=O) groups is 2. The Morgan fingerprint density at radius 3 is 2.61 bits per heavy atom. The second-order valence-electron chi connectivity index (χ2n) is 6.40. The number of carbonyl (C=O) groups excluding carboxylic acids is 2. The number of nitrogens with zero attached hydrogens (tertiary/aromatic N) is 3. The van der Waals surface area contributed by atoms with Crippen molar-refractivity contribution in [3.63, 3.8) is 0 Å². The second-order valence-corrected chi connectivity index (χ2v) is 7.15. The summed E-state index contributed by atoms with van der Waals surface area (Å²) in [6.07, 6.45) is 0.569. The van der Waals surface area contributed by atoms with Gasteiger partial charge in [-0.05, 0) is 55.6 Å². The number of benzene rings is 1. The van der Waals surface area contributed by atoms with Crippen LogP contribution in [0.4, 0.5) is 4.39 Å². The molecule has 0 saturated carbocycles. The highest BCUT2D eigenvalue weighted by Crippen LogP contribution is 2.19. The molecule has 1 aromatic carbocycles. The van der Waals surface area contributed by atoms with Crippen molar-refractivity contribution < 1.29 is 18.7 Å². The minimum Gasteiger partial charge on any atom is -0.453 e. The zero-order valence-corrected chi connectivity index (χ0v) is 16.7. The van der Waals surface area contributed by atoms with Crippen LogP contribution in [-0.2, 0) is 17.7 Å². The molecule has 0 aliphatic heterocycles. The van der Waals surface area contributed by atoms with Crippen LogP contribution >= 0.6 is 11.5 Å². The molecular formula is C20H20FN3O3S. The molecule has 0 aliphatic rings. The molecular weight excluding hydrogens is 381 g/mol. The topological polar surface area (TPSA) is 74.1 Å². The number of halogens is 1. The molecule has 8 heteroatoms. The highest BCUT2D eigenvalue weighted by Gasteiger charge is 2.20. The van der Waals surface area contributed by atoms with E-state index < -0.39 is 5.97 Å². The third-order valence-electron chi connectivity index (χ3n) is 4.54. The molecule has 146 valence electrons. The number of rotatable bonds is 7. The highest BCUT2D eigenvalue weighted by atomic mass is 32.1. The highest BCUT2D eigenvalue weighted by molar-refractivity contribution is 7.07. The first kappa shape index (κ1) is 19.9. The Balaban J connectivity index is 1.70. The smallest absolute Gasteiger partial charge is 0.352 e. The maximum absolute atomic E-state index is 13.1. The van der Waals surface area contributed by atoms with Crippen molar-refractivity contribution in [3.05, 3.63) is 69.2 Å². The summed E-state index contributed by atoms with van der Waals surface area (Å²) in [6, 6.07) is 8.03. The van der Waals surface area contributed by atoms with E-state index >= 15 is 0 Å². The molecule has 0 fully saturated rings. The summed E-state index contributed by atoms with van der Waals surface area (Å²) in [4.78, 5) is 25.1. The Bertz CT molecular complexity index is 1010. The van der Waals surface area contributed by atoms with Gasteiger partial charge in [0.25, 0.3) is 0 Å². The molecule has 3 rings (SSSR count). The summed E-state index contributed by atoms with van der Waals surface area (Å²) in [7, 11) is 0. The van der Waals surface area contributed by atoms with E-state index in [4.69, 9.17) is 4.74 Å². The number of ketones is 1. The molecule has 2 aromatic heterocycles. The van der Waals surface area contributed by atoms with Gasteiger partial charge in [0.15, 0.2) is 11.5 Å². The van der Waals surface area contributed by atoms with Crippen LogP contribution in [-0.4, -0.2) is 32.5 Å². The molecule has 3 aromatic rings. The lowest BCUT2D eigenvalue weighted by atomic mass is 10.1. The van der Waals surface area contributed by atoms with Crippen molar-refractivity contribution in [1.82, 2.24) is 14.2 Å². The average Bonchev–Trinajstić information content (AvgIpc) is 3.27. The Kier molecular flexibility index (Phi) is 5.99. The van der Waals surface area contributed by atoms with Gasteiger partial charge >= 0.3 is 5.97 Å². The van der Waals surface area contributed by atoms with E-state index in [9.17, 15) is 14.0 Å². The van der Waals surface area contributed by atoms with E-state index in [0.717, 1.165) is 28.5 Å². The third kappa shape index (κ3) is 4.17. The third-order valence-corrected chi connectivity index (χ3v) is 5.29. The van der Waals surface area contributed by atoms with Crippen molar-refractivity contribution in [1.29, 1.82) is 0 Å². The summed E-state index contributed by atoms with van der Waals surface area (Å²) < 4.78 is 24.0. The van der Waals surface area contributed by atoms with Crippen molar-refractivity contribution in [3.8, 4) is 0 Å². The summed E-state index contributed by atoms with van der Waals surface area (Å²) in [5.41, 5.74) is 3.68. The standard InChI is InChI=1S/C20H20FN3O3S/c1-4-17-19(28-23-22-17)20(26)27-11-18(25)16-9-12(2)24(13(16)3)10-14-5-7-15(21)8-6-14/h5-9H,4,10-11H2,1-3H3. The number of Topliss-reactive ketones (excluding diaryl/α,β-unsaturated/α-hetero) is 1. The van der Waals surface area contributed by atoms with Crippen LogP contribution in [0.25, 0.3) is 0 Å². The van der Waals surface area contributed by atoms with Crippen LogP contribution < -0.4 is 0 Å². The first-order valence-corrected chi connectivity index (χ1v) is 9.60. The van der Waals surface area contributed by atoms with Gasteiger partial charge in [-0.1, -0.05) is 23.5 Å². The quantitative estimate of drug-likeness (QED) is 0.445. The van der Waals surface area contributed by atoms with Gasteiger partial charge in [0.05, 0.1) is 5.69 Å². The zero-order valence-electron chi connectivity index (χ0n) is 15.9. The summed E-state index contributed by atoms with van der Waals surface area (Å²) in [5, 5.41) is 3.87. The maximum atomic E-state index is 13.1. The lowest BCUT2D eigenvalue weighted by Gasteiger charge is -2.10. The molecule has 0 N–H and O–H groups in total. The van der Waals surface area contributed by atoms with Crippen LogP contribution in [0.15, 0.2) is 30.3 Å². The minimum absolute atomic E-state index is 0.276. The van der Waals surface area contributed by atoms with Gasteiger partial charge in [0.2, 0.25) is 5.78 Å². The summed E-state index contributed by atoms with van der Waals surface area (Å²) in [6.45, 7) is 5.79. The van der Waals surface area contributed by atoms with Gasteiger partial charge in [0, 0.05) is 23.5 Å². The Hall–Kier alpha value is -2.87. The normalized spacial score (nSPS) is 10.9. The fourth-order valence-electron chi connectivity index (χ4n) is 2.97. The monoisotopic (exact) mass is 401 g/mol. The molecule has 0 saturated heterocycles. The van der Waals surface area contributed by atoms with Gasteiger partial charge in [0.1, 0.15) is 5.82 Å². The van der Waals surface area contributed by atoms with Crippen LogP contribution in [0, 0.1) is 19.7 Å². The number of hydrogen-bond acceptors (Lipinski definition) is 6. The molecule has 6 nitrogen and oxygen atoms in total. The van der Waals surface area contributed by atoms with Gasteiger partial charge in [-0.3, -0.25) is 4.79 Å². The van der Waals surface area contributed by atoms with Gasteiger partial charge in [-0.15, -0.1) is 5.10 Å². The Morgan fingerprint density at radius 2 is 1.93 bits per heavy atom. The first-order valence-electron chi connectivity index (χ1n) is 8.83. The SMILES string of the molecule is CCc1nnsc1C(=O)OCC(=O)c1cc(C)n(Cc2ccc(F)cc2)c1C. The van der Waals surface area contributed by atoms with E-state index in [1.807, 2.05) is 25.3 Å². The molecule has 2 heterocycles. The van der Waals surface area contributed by atoms with Crippen LogP contribution in [0.5, 0.6) is 0 Å². The van der Waals surface area contributed by atoms with Crippen molar-refractivity contribution in [2.75, 3.05) is 6.61 Å². The van der Waals surface area contributed by atoms with E-state index in [0.29, 0.717) is 29.1 Å². The number of ether oxygens (including phenoxy) is 1. The van der Waals surface area contributed by atoms with Crippen LogP contribution in [0.2, 0.25) is 0 Å². The predicted octanol–water partition coefficient (Wildman–Crippen LogP) is 3.75. The van der Waals surface area contributed by atoms with E-state index in [-0.39, 0.29) is 18.2 Å². The van der Waals surface area contributed by atoms with E-state index in [1.165, 1.54) is 12.1 Å². The van der Waals surface area contributed by atoms with Crippen molar-refractivity contribution in [2.45, 2.75) is 33.7 Å². The van der Waals surface area contributed by atoms with E-state index in [2.05, 4.69) is 9.59 Å². The maximum Gasteiger partial charge on any atom is 0.352 e. The number of aromatic nitrogens is 3. The molecule has 0 bridgehead atoms. The Morgan fingerprint density at radius 1 is 1.21 bits per heavy atom. The molecule has 0 amide bonds.